The molecule has 0 spiro atoms. The minimum absolute atomic E-state index is 0.0138. The molecular weight excluding hydrogens is 264 g/mol. The smallest absolute Gasteiger partial charge is 0.232 e. The third-order valence-corrected chi connectivity index (χ3v) is 3.53. The average Bonchev–Trinajstić information content (AvgIpc) is 2.31. The molecule has 0 heterocycles. The quantitative estimate of drug-likeness (QED) is 0.657. The van der Waals surface area contributed by atoms with Crippen LogP contribution in [0.15, 0.2) is 6.07 Å². The number of nitrogens with one attached hydrogen (secondary N) is 1. The van der Waals surface area contributed by atoms with Gasteiger partial charge in [0, 0.05) is 12.6 Å². The first kappa shape index (κ1) is 13.8. The molecule has 0 atom stereocenters. The van der Waals surface area contributed by atoms with Crippen LogP contribution in [0, 0.1) is 28.7 Å². The van der Waals surface area contributed by atoms with Gasteiger partial charge in [0.05, 0.1) is 5.41 Å². The van der Waals surface area contributed by atoms with Crippen LogP contribution < -0.4 is 11.1 Å². The van der Waals surface area contributed by atoms with Crippen molar-refractivity contribution in [3.05, 3.63) is 29.3 Å². The molecule has 1 aromatic carbocycles. The number of carbonyl (C=O) groups is 1. The molecule has 7 heteroatoms. The highest BCUT2D eigenvalue weighted by Crippen LogP contribution is 2.41. The number of nitrogens with two attached hydrogens (primary N) is 1. The van der Waals surface area contributed by atoms with Crippen LogP contribution in [0.1, 0.15) is 19.3 Å². The number of amides is 1. The van der Waals surface area contributed by atoms with E-state index >= 15 is 0 Å². The van der Waals surface area contributed by atoms with Gasteiger partial charge < -0.3 is 11.1 Å². The largest absolute Gasteiger partial charge is 0.329 e. The fourth-order valence-electron chi connectivity index (χ4n) is 2.06. The average molecular weight is 276 g/mol. The molecule has 0 unspecified atom stereocenters. The third kappa shape index (κ3) is 2.18. The minimum Gasteiger partial charge on any atom is -0.329 e. The Bertz CT molecular complexity index is 497. The van der Waals surface area contributed by atoms with Crippen molar-refractivity contribution in [3.8, 4) is 0 Å². The molecule has 0 bridgehead atoms. The van der Waals surface area contributed by atoms with Gasteiger partial charge in [0.1, 0.15) is 5.69 Å². The molecule has 104 valence electrons. The van der Waals surface area contributed by atoms with Gasteiger partial charge in [-0.25, -0.2) is 17.6 Å². The molecule has 1 fully saturated rings. The fourth-order valence-corrected chi connectivity index (χ4v) is 2.06. The van der Waals surface area contributed by atoms with Crippen LogP contribution in [0.2, 0.25) is 0 Å². The predicted molar refractivity (Wildman–Crippen MR) is 60.2 cm³/mol. The van der Waals surface area contributed by atoms with E-state index in [1.165, 1.54) is 0 Å². The lowest BCUT2D eigenvalue weighted by Crippen LogP contribution is -2.47. The summed E-state index contributed by atoms with van der Waals surface area (Å²) in [6, 6.07) is 0.0857. The molecule has 1 amide bonds. The van der Waals surface area contributed by atoms with Crippen molar-refractivity contribution in [2.75, 3.05) is 11.9 Å². The Kier molecular flexibility index (Phi) is 3.49. The van der Waals surface area contributed by atoms with E-state index in [0.29, 0.717) is 12.8 Å². The number of rotatable bonds is 3. The van der Waals surface area contributed by atoms with Gasteiger partial charge in [0.2, 0.25) is 5.91 Å². The highest BCUT2D eigenvalue weighted by Gasteiger charge is 2.43. The van der Waals surface area contributed by atoms with Gasteiger partial charge >= 0.3 is 0 Å². The lowest BCUT2D eigenvalue weighted by molar-refractivity contribution is -0.129. The van der Waals surface area contributed by atoms with Crippen molar-refractivity contribution in [1.82, 2.24) is 0 Å². The van der Waals surface area contributed by atoms with Crippen LogP contribution in [-0.2, 0) is 4.79 Å². The van der Waals surface area contributed by atoms with E-state index in [-0.39, 0.29) is 12.6 Å². The van der Waals surface area contributed by atoms with Crippen LogP contribution in [0.5, 0.6) is 0 Å². The molecule has 19 heavy (non-hydrogen) atoms. The highest BCUT2D eigenvalue weighted by atomic mass is 19.2. The van der Waals surface area contributed by atoms with Gasteiger partial charge in [0.25, 0.3) is 0 Å². The molecule has 1 aromatic rings. The monoisotopic (exact) mass is 276 g/mol. The highest BCUT2D eigenvalue weighted by molar-refractivity contribution is 5.96. The fraction of sp³-hybridized carbons (Fsp3) is 0.417. The van der Waals surface area contributed by atoms with Crippen LogP contribution in [0.4, 0.5) is 23.2 Å². The first-order valence-electron chi connectivity index (χ1n) is 5.76. The Morgan fingerprint density at radius 2 is 1.74 bits per heavy atom. The maximum absolute atomic E-state index is 13.4. The predicted octanol–water partition coefficient (Wildman–Crippen LogP) is 2.31. The second-order valence-corrected chi connectivity index (χ2v) is 4.64. The zero-order valence-corrected chi connectivity index (χ0v) is 9.90. The summed E-state index contributed by atoms with van der Waals surface area (Å²) in [5.74, 6) is -7.10. The summed E-state index contributed by atoms with van der Waals surface area (Å²) in [5.41, 5.74) is 3.45. The zero-order chi connectivity index (χ0) is 14.2. The van der Waals surface area contributed by atoms with E-state index in [1.807, 2.05) is 5.32 Å². The Balaban J connectivity index is 2.31. The SMILES string of the molecule is NCC1(C(=O)Nc2c(F)c(F)cc(F)c2F)CCC1. The molecule has 1 aliphatic carbocycles. The molecule has 3 N–H and O–H groups in total. The maximum atomic E-state index is 13.4. The Morgan fingerprint density at radius 3 is 2.11 bits per heavy atom. The van der Waals surface area contributed by atoms with Crippen molar-refractivity contribution in [3.63, 3.8) is 0 Å². The Hall–Kier alpha value is -1.63. The van der Waals surface area contributed by atoms with E-state index in [0.717, 1.165) is 6.42 Å². The van der Waals surface area contributed by atoms with Crippen LogP contribution >= 0.6 is 0 Å². The van der Waals surface area contributed by atoms with Gasteiger partial charge in [-0.2, -0.15) is 0 Å². The number of hydrogen-bond acceptors (Lipinski definition) is 2. The molecule has 0 saturated heterocycles. The van der Waals surface area contributed by atoms with E-state index in [2.05, 4.69) is 0 Å². The van der Waals surface area contributed by atoms with Gasteiger partial charge in [-0.3, -0.25) is 4.79 Å². The minimum atomic E-state index is -1.63. The number of anilines is 1. The van der Waals surface area contributed by atoms with Crippen LogP contribution in [-0.4, -0.2) is 12.5 Å². The summed E-state index contributed by atoms with van der Waals surface area (Å²) in [7, 11) is 0. The molecular formula is C12H12F4N2O. The molecule has 0 aliphatic heterocycles. The first-order chi connectivity index (χ1) is 8.91. The van der Waals surface area contributed by atoms with Gasteiger partial charge in [0.15, 0.2) is 23.3 Å². The summed E-state index contributed by atoms with van der Waals surface area (Å²) in [6.45, 7) is 0.0138. The standard InChI is InChI=1S/C12H12F4N2O/c13-6-4-7(14)9(16)10(8(6)15)18-11(19)12(5-17)2-1-3-12/h4H,1-3,5,17H2,(H,18,19). The molecule has 1 aliphatic rings. The van der Waals surface area contributed by atoms with Crippen LogP contribution in [0.3, 0.4) is 0 Å². The third-order valence-electron chi connectivity index (χ3n) is 3.53. The summed E-state index contributed by atoms with van der Waals surface area (Å²) in [5, 5.41) is 1.90. The Labute approximate surface area is 106 Å². The van der Waals surface area contributed by atoms with E-state index < -0.39 is 40.3 Å². The summed E-state index contributed by atoms with van der Waals surface area (Å²) >= 11 is 0. The topological polar surface area (TPSA) is 55.1 Å². The van der Waals surface area contributed by atoms with Crippen molar-refractivity contribution >= 4 is 11.6 Å². The number of halogens is 4. The lowest BCUT2D eigenvalue weighted by atomic mass is 9.68. The molecule has 1 saturated carbocycles. The first-order valence-corrected chi connectivity index (χ1v) is 5.76. The number of carbonyl (C=O) groups excluding carboxylic acids is 1. The van der Waals surface area contributed by atoms with Crippen molar-refractivity contribution < 1.29 is 22.4 Å². The number of hydrogen-bond donors (Lipinski definition) is 2. The molecule has 3 nitrogen and oxygen atoms in total. The zero-order valence-electron chi connectivity index (χ0n) is 9.90. The normalized spacial score (nSPS) is 16.9. The summed E-state index contributed by atoms with van der Waals surface area (Å²) in [4.78, 5) is 11.9. The van der Waals surface area contributed by atoms with Gasteiger partial charge in [-0.05, 0) is 12.8 Å². The second-order valence-electron chi connectivity index (χ2n) is 4.64. The van der Waals surface area contributed by atoms with E-state index in [1.54, 1.807) is 0 Å². The van der Waals surface area contributed by atoms with Gasteiger partial charge in [-0.1, -0.05) is 6.42 Å². The number of benzene rings is 1. The van der Waals surface area contributed by atoms with Gasteiger partial charge in [-0.15, -0.1) is 0 Å². The van der Waals surface area contributed by atoms with E-state index in [9.17, 15) is 22.4 Å². The molecule has 0 aromatic heterocycles. The summed E-state index contributed by atoms with van der Waals surface area (Å²) in [6.07, 6.45) is 1.74. The van der Waals surface area contributed by atoms with Crippen molar-refractivity contribution in [1.29, 1.82) is 0 Å². The molecule has 2 rings (SSSR count). The summed E-state index contributed by atoms with van der Waals surface area (Å²) < 4.78 is 52.8. The second kappa shape index (κ2) is 4.80. The molecule has 0 radical (unpaired) electrons. The maximum Gasteiger partial charge on any atom is 0.232 e. The van der Waals surface area contributed by atoms with Crippen molar-refractivity contribution in [2.45, 2.75) is 19.3 Å². The lowest BCUT2D eigenvalue weighted by Gasteiger charge is -2.39. The Morgan fingerprint density at radius 1 is 1.21 bits per heavy atom. The van der Waals surface area contributed by atoms with E-state index in [4.69, 9.17) is 5.73 Å². The van der Waals surface area contributed by atoms with Crippen LogP contribution in [0.25, 0.3) is 0 Å². The van der Waals surface area contributed by atoms with Crippen molar-refractivity contribution in [2.24, 2.45) is 11.1 Å².